The zero-order chi connectivity index (χ0) is 19.8. The van der Waals surface area contributed by atoms with E-state index in [0.29, 0.717) is 11.6 Å². The van der Waals surface area contributed by atoms with E-state index in [-0.39, 0.29) is 24.5 Å². The molecule has 150 valence electrons. The number of hydrogen-bond donors (Lipinski definition) is 2. The third-order valence-electron chi connectivity index (χ3n) is 5.82. The lowest BCUT2D eigenvalue weighted by atomic mass is 9.78. The smallest absolute Gasteiger partial charge is 0.231 e. The van der Waals surface area contributed by atoms with Crippen molar-refractivity contribution >= 4 is 28.5 Å². The second kappa shape index (κ2) is 7.59. The summed E-state index contributed by atoms with van der Waals surface area (Å²) in [7, 11) is 0. The number of carbonyl (C=O) groups is 1. The number of fused-ring (bicyclic) bond motifs is 2. The number of benzene rings is 2. The maximum atomic E-state index is 13.0. The highest BCUT2D eigenvalue weighted by atomic mass is 35.5. The van der Waals surface area contributed by atoms with E-state index in [1.807, 2.05) is 36.4 Å². The van der Waals surface area contributed by atoms with Crippen LogP contribution < -0.4 is 14.8 Å². The lowest BCUT2D eigenvalue weighted by Crippen LogP contribution is -2.35. The molecule has 2 N–H and O–H groups in total. The van der Waals surface area contributed by atoms with E-state index in [0.717, 1.165) is 59.6 Å². The monoisotopic (exact) mass is 411 g/mol. The first-order valence-corrected chi connectivity index (χ1v) is 10.4. The van der Waals surface area contributed by atoms with Crippen LogP contribution in [0.5, 0.6) is 11.5 Å². The molecule has 2 aromatic carbocycles. The van der Waals surface area contributed by atoms with Crippen molar-refractivity contribution in [2.75, 3.05) is 6.79 Å². The van der Waals surface area contributed by atoms with Crippen LogP contribution in [0.25, 0.3) is 11.0 Å². The van der Waals surface area contributed by atoms with Gasteiger partial charge in [0.2, 0.25) is 12.7 Å². The molecule has 2 aliphatic rings. The fraction of sp³-hybridized carbons (Fsp3) is 0.364. The van der Waals surface area contributed by atoms with Crippen LogP contribution in [0.15, 0.2) is 36.4 Å². The van der Waals surface area contributed by atoms with Gasteiger partial charge in [-0.15, -0.1) is 0 Å². The van der Waals surface area contributed by atoms with Crippen LogP contribution in [0.2, 0.25) is 5.02 Å². The molecule has 6 nitrogen and oxygen atoms in total. The maximum absolute atomic E-state index is 13.0. The van der Waals surface area contributed by atoms with Crippen LogP contribution in [-0.4, -0.2) is 22.7 Å². The minimum absolute atomic E-state index is 0.0749. The van der Waals surface area contributed by atoms with E-state index in [1.165, 1.54) is 0 Å². The highest BCUT2D eigenvalue weighted by Gasteiger charge is 2.34. The van der Waals surface area contributed by atoms with Crippen LogP contribution in [0.3, 0.4) is 0 Å². The third kappa shape index (κ3) is 3.65. The standard InChI is InChI=1S/C22H22ClN3O3/c23-14-6-7-17-18(10-14)26-21(25-17)15-3-1-2-4-16(15)22(27)24-11-13-5-8-19-20(9-13)29-12-28-19/h5-10,15-16H,1-4,11-12H2,(H,24,27)(H,25,26)/t15-,16+/m1/s1. The predicted molar refractivity (Wildman–Crippen MR) is 110 cm³/mol. The number of ether oxygens (including phenoxy) is 2. The predicted octanol–water partition coefficient (Wildman–Crippen LogP) is 4.54. The van der Waals surface area contributed by atoms with Crippen molar-refractivity contribution in [2.45, 2.75) is 38.1 Å². The Labute approximate surface area is 173 Å². The molecule has 1 aliphatic carbocycles. The molecular weight excluding hydrogens is 390 g/mol. The summed E-state index contributed by atoms with van der Waals surface area (Å²) in [5.74, 6) is 2.43. The van der Waals surface area contributed by atoms with Gasteiger partial charge >= 0.3 is 0 Å². The Morgan fingerprint density at radius 1 is 1.14 bits per heavy atom. The molecule has 1 aliphatic heterocycles. The van der Waals surface area contributed by atoms with Gasteiger partial charge in [-0.1, -0.05) is 30.5 Å². The second-order valence-electron chi connectivity index (χ2n) is 7.69. The van der Waals surface area contributed by atoms with Crippen LogP contribution in [0.1, 0.15) is 43.0 Å². The molecule has 1 saturated carbocycles. The van der Waals surface area contributed by atoms with E-state index in [1.54, 1.807) is 0 Å². The zero-order valence-electron chi connectivity index (χ0n) is 15.9. The van der Waals surface area contributed by atoms with Crippen LogP contribution in [0.4, 0.5) is 0 Å². The molecule has 1 amide bonds. The average molecular weight is 412 g/mol. The first-order chi connectivity index (χ1) is 14.2. The molecule has 0 saturated heterocycles. The molecule has 1 fully saturated rings. The number of imidazole rings is 1. The summed E-state index contributed by atoms with van der Waals surface area (Å²) in [5, 5.41) is 3.78. The number of halogens is 1. The maximum Gasteiger partial charge on any atom is 0.231 e. The second-order valence-corrected chi connectivity index (χ2v) is 8.12. The Bertz CT molecular complexity index is 1060. The molecule has 7 heteroatoms. The van der Waals surface area contributed by atoms with Gasteiger partial charge in [0.05, 0.1) is 11.0 Å². The molecule has 1 aromatic heterocycles. The fourth-order valence-electron chi connectivity index (χ4n) is 4.32. The van der Waals surface area contributed by atoms with Crippen molar-refractivity contribution < 1.29 is 14.3 Å². The summed E-state index contributed by atoms with van der Waals surface area (Å²) in [6.07, 6.45) is 3.99. The average Bonchev–Trinajstić information content (AvgIpc) is 3.37. The molecule has 0 radical (unpaired) electrons. The lowest BCUT2D eigenvalue weighted by Gasteiger charge is -2.29. The summed E-state index contributed by atoms with van der Waals surface area (Å²) < 4.78 is 10.8. The molecule has 0 unspecified atom stereocenters. The van der Waals surface area contributed by atoms with E-state index in [2.05, 4.69) is 10.3 Å². The van der Waals surface area contributed by atoms with Gasteiger partial charge < -0.3 is 19.8 Å². The molecule has 0 spiro atoms. The molecule has 29 heavy (non-hydrogen) atoms. The van der Waals surface area contributed by atoms with Crippen LogP contribution in [-0.2, 0) is 11.3 Å². The first kappa shape index (κ1) is 18.3. The van der Waals surface area contributed by atoms with Crippen LogP contribution in [0, 0.1) is 5.92 Å². The first-order valence-electron chi connectivity index (χ1n) is 9.99. The van der Waals surface area contributed by atoms with Gasteiger partial charge in [-0.05, 0) is 48.7 Å². The van der Waals surface area contributed by atoms with Gasteiger partial charge in [-0.3, -0.25) is 4.79 Å². The SMILES string of the molecule is O=C(NCc1ccc2c(c1)OCO2)[C@H]1CCCC[C@H]1c1nc2ccc(Cl)cc2[nH]1. The number of H-pyrrole nitrogens is 1. The highest BCUT2D eigenvalue weighted by molar-refractivity contribution is 6.31. The summed E-state index contributed by atoms with van der Waals surface area (Å²) in [6, 6.07) is 11.4. The van der Waals surface area contributed by atoms with Gasteiger partial charge in [0, 0.05) is 23.4 Å². The Hall–Kier alpha value is -2.73. The summed E-state index contributed by atoms with van der Waals surface area (Å²) in [5.41, 5.74) is 2.79. The third-order valence-corrected chi connectivity index (χ3v) is 6.06. The summed E-state index contributed by atoms with van der Waals surface area (Å²) in [4.78, 5) is 21.2. The zero-order valence-corrected chi connectivity index (χ0v) is 16.7. The number of nitrogens with one attached hydrogen (secondary N) is 2. The molecule has 5 rings (SSSR count). The van der Waals surface area contributed by atoms with Crippen molar-refractivity contribution in [3.8, 4) is 11.5 Å². The van der Waals surface area contributed by atoms with E-state index < -0.39 is 0 Å². The molecule has 2 atom stereocenters. The number of rotatable bonds is 4. The van der Waals surface area contributed by atoms with E-state index in [9.17, 15) is 4.79 Å². The van der Waals surface area contributed by atoms with Gasteiger partial charge in [0.1, 0.15) is 5.82 Å². The lowest BCUT2D eigenvalue weighted by molar-refractivity contribution is -0.126. The number of amides is 1. The van der Waals surface area contributed by atoms with Crippen molar-refractivity contribution in [1.82, 2.24) is 15.3 Å². The van der Waals surface area contributed by atoms with Gasteiger partial charge in [-0.2, -0.15) is 0 Å². The number of hydrogen-bond acceptors (Lipinski definition) is 4. The number of aromatic nitrogens is 2. The number of aromatic amines is 1. The molecule has 0 bridgehead atoms. The van der Waals surface area contributed by atoms with Gasteiger partial charge in [-0.25, -0.2) is 4.98 Å². The Balaban J connectivity index is 1.31. The minimum Gasteiger partial charge on any atom is -0.454 e. The Morgan fingerprint density at radius 2 is 2.00 bits per heavy atom. The van der Waals surface area contributed by atoms with Gasteiger partial charge in [0.15, 0.2) is 11.5 Å². The van der Waals surface area contributed by atoms with Crippen molar-refractivity contribution in [1.29, 1.82) is 0 Å². The molecule has 3 aromatic rings. The van der Waals surface area contributed by atoms with Crippen LogP contribution >= 0.6 is 11.6 Å². The van der Waals surface area contributed by atoms with Crippen molar-refractivity contribution in [3.05, 3.63) is 52.8 Å². The highest BCUT2D eigenvalue weighted by Crippen LogP contribution is 2.38. The van der Waals surface area contributed by atoms with E-state index >= 15 is 0 Å². The number of nitrogens with zero attached hydrogens (tertiary/aromatic N) is 1. The normalized spacial score (nSPS) is 20.7. The minimum atomic E-state index is -0.0891. The van der Waals surface area contributed by atoms with E-state index in [4.69, 9.17) is 26.1 Å². The fourth-order valence-corrected chi connectivity index (χ4v) is 4.49. The topological polar surface area (TPSA) is 76.2 Å². The van der Waals surface area contributed by atoms with Gasteiger partial charge in [0.25, 0.3) is 0 Å². The molecular formula is C22H22ClN3O3. The number of carbonyl (C=O) groups excluding carboxylic acids is 1. The summed E-state index contributed by atoms with van der Waals surface area (Å²) >= 11 is 6.10. The van der Waals surface area contributed by atoms with Crippen molar-refractivity contribution in [3.63, 3.8) is 0 Å². The Morgan fingerprint density at radius 3 is 2.93 bits per heavy atom. The quantitative estimate of drug-likeness (QED) is 0.661. The largest absolute Gasteiger partial charge is 0.454 e. The summed E-state index contributed by atoms with van der Waals surface area (Å²) in [6.45, 7) is 0.714. The Kier molecular flexibility index (Phi) is 4.79. The molecule has 2 heterocycles. The van der Waals surface area contributed by atoms with Crippen molar-refractivity contribution in [2.24, 2.45) is 5.92 Å².